The zero-order valence-corrected chi connectivity index (χ0v) is 21.5. The highest BCUT2D eigenvalue weighted by molar-refractivity contribution is 9.10. The van der Waals surface area contributed by atoms with E-state index in [9.17, 15) is 13.2 Å². The number of hydrazone groups is 1. The molecule has 3 aromatic carbocycles. The highest BCUT2D eigenvalue weighted by atomic mass is 79.9. The minimum absolute atomic E-state index is 0.0140. The zero-order chi connectivity index (χ0) is 24.6. The van der Waals surface area contributed by atoms with Crippen LogP contribution in [0.25, 0.3) is 0 Å². The molecule has 3 aromatic rings. The van der Waals surface area contributed by atoms with Crippen LogP contribution in [-0.4, -0.2) is 38.0 Å². The van der Waals surface area contributed by atoms with Crippen molar-refractivity contribution in [2.75, 3.05) is 13.2 Å². The first-order valence-corrected chi connectivity index (χ1v) is 12.9. The lowest BCUT2D eigenvalue weighted by Gasteiger charge is -2.21. The summed E-state index contributed by atoms with van der Waals surface area (Å²) in [6.07, 6.45) is 1.45. The summed E-state index contributed by atoms with van der Waals surface area (Å²) in [5.74, 6) is 0.0463. The Morgan fingerprint density at radius 2 is 1.76 bits per heavy atom. The van der Waals surface area contributed by atoms with Crippen LogP contribution < -0.4 is 10.2 Å². The van der Waals surface area contributed by atoms with Gasteiger partial charge in [0.25, 0.3) is 5.91 Å². The molecule has 0 aliphatic carbocycles. The minimum atomic E-state index is -3.97. The van der Waals surface area contributed by atoms with Gasteiger partial charge < -0.3 is 4.74 Å². The average Bonchev–Trinajstić information content (AvgIpc) is 2.81. The second-order valence-electron chi connectivity index (χ2n) is 7.12. The summed E-state index contributed by atoms with van der Waals surface area (Å²) < 4.78 is 34.0. The molecule has 0 aromatic heterocycles. The third kappa shape index (κ3) is 7.14. The highest BCUT2D eigenvalue weighted by Crippen LogP contribution is 2.21. The average molecular weight is 565 g/mol. The molecule has 0 unspecified atom stereocenters. The first-order valence-electron chi connectivity index (χ1n) is 10.3. The molecular formula is C24H23BrClN3O4S. The number of hydrogen-bond acceptors (Lipinski definition) is 5. The van der Waals surface area contributed by atoms with Crippen LogP contribution in [0.2, 0.25) is 5.02 Å². The van der Waals surface area contributed by atoms with Crippen molar-refractivity contribution < 1.29 is 17.9 Å². The molecule has 0 radical (unpaired) electrons. The largest absolute Gasteiger partial charge is 0.493 e. The Labute approximate surface area is 212 Å². The smallest absolute Gasteiger partial charge is 0.255 e. The van der Waals surface area contributed by atoms with E-state index in [-0.39, 0.29) is 11.4 Å². The van der Waals surface area contributed by atoms with Gasteiger partial charge in [0, 0.05) is 21.6 Å². The minimum Gasteiger partial charge on any atom is -0.493 e. The van der Waals surface area contributed by atoms with Crippen LogP contribution in [0.4, 0.5) is 0 Å². The lowest BCUT2D eigenvalue weighted by molar-refractivity contribution is -0.121. The lowest BCUT2D eigenvalue weighted by atomic mass is 10.2. The standard InChI is InChI=1S/C24H23BrClN3O4S/c1-2-33-23-6-4-3-5-19(23)15-27-28-24(30)17-29(16-18-7-11-21(26)12-8-18)34(31,32)22-13-9-20(25)10-14-22/h3-15H,2,16-17H2,1H3,(H,28,30)/b27-15-. The number of benzene rings is 3. The molecule has 0 bridgehead atoms. The van der Waals surface area contributed by atoms with Gasteiger partial charge in [0.2, 0.25) is 10.0 Å². The Hall–Kier alpha value is -2.72. The van der Waals surface area contributed by atoms with Crippen molar-refractivity contribution in [1.29, 1.82) is 0 Å². The molecule has 34 heavy (non-hydrogen) atoms. The Bertz CT molecular complexity index is 1250. The number of nitrogens with zero attached hydrogens (tertiary/aromatic N) is 2. The number of para-hydroxylation sites is 1. The summed E-state index contributed by atoms with van der Waals surface area (Å²) in [5, 5.41) is 4.51. The van der Waals surface area contributed by atoms with Crippen LogP contribution in [0.15, 0.2) is 87.3 Å². The Morgan fingerprint density at radius 3 is 2.44 bits per heavy atom. The van der Waals surface area contributed by atoms with Crippen LogP contribution in [0.5, 0.6) is 5.75 Å². The normalized spacial score (nSPS) is 11.6. The van der Waals surface area contributed by atoms with Gasteiger partial charge in [-0.05, 0) is 61.0 Å². The van der Waals surface area contributed by atoms with Gasteiger partial charge in [-0.3, -0.25) is 4.79 Å². The van der Waals surface area contributed by atoms with Crippen LogP contribution in [0.3, 0.4) is 0 Å². The predicted octanol–water partition coefficient (Wildman–Crippen LogP) is 4.84. The van der Waals surface area contributed by atoms with E-state index < -0.39 is 22.5 Å². The number of amides is 1. The third-order valence-electron chi connectivity index (χ3n) is 4.66. The Kier molecular flexibility index (Phi) is 9.23. The van der Waals surface area contributed by atoms with E-state index in [1.807, 2.05) is 19.1 Å². The molecule has 0 aliphatic heterocycles. The maximum absolute atomic E-state index is 13.3. The third-order valence-corrected chi connectivity index (χ3v) is 7.24. The summed E-state index contributed by atoms with van der Waals surface area (Å²) in [4.78, 5) is 12.7. The van der Waals surface area contributed by atoms with E-state index in [1.165, 1.54) is 18.3 Å². The summed E-state index contributed by atoms with van der Waals surface area (Å²) in [6.45, 7) is 1.92. The van der Waals surface area contributed by atoms with E-state index in [1.54, 1.807) is 48.5 Å². The van der Waals surface area contributed by atoms with Crippen molar-refractivity contribution in [2.45, 2.75) is 18.4 Å². The molecule has 178 valence electrons. The van der Waals surface area contributed by atoms with Crippen LogP contribution in [0.1, 0.15) is 18.1 Å². The van der Waals surface area contributed by atoms with Crippen molar-refractivity contribution in [3.63, 3.8) is 0 Å². The van der Waals surface area contributed by atoms with E-state index in [2.05, 4.69) is 26.5 Å². The second kappa shape index (κ2) is 12.1. The van der Waals surface area contributed by atoms with E-state index in [0.717, 1.165) is 8.78 Å². The van der Waals surface area contributed by atoms with Gasteiger partial charge in [-0.15, -0.1) is 0 Å². The number of carbonyl (C=O) groups excluding carboxylic acids is 1. The van der Waals surface area contributed by atoms with E-state index in [0.29, 0.717) is 28.5 Å². The van der Waals surface area contributed by atoms with Gasteiger partial charge in [-0.1, -0.05) is 51.8 Å². The molecule has 0 spiro atoms. The van der Waals surface area contributed by atoms with Gasteiger partial charge in [0.15, 0.2) is 0 Å². The van der Waals surface area contributed by atoms with Crippen molar-refractivity contribution in [3.05, 3.63) is 93.4 Å². The number of nitrogens with one attached hydrogen (secondary N) is 1. The highest BCUT2D eigenvalue weighted by Gasteiger charge is 2.27. The van der Waals surface area contributed by atoms with E-state index >= 15 is 0 Å². The van der Waals surface area contributed by atoms with Crippen molar-refractivity contribution in [3.8, 4) is 5.75 Å². The molecular weight excluding hydrogens is 542 g/mol. The Morgan fingerprint density at radius 1 is 1.09 bits per heavy atom. The molecule has 0 atom stereocenters. The summed E-state index contributed by atoms with van der Waals surface area (Å²) >= 11 is 9.25. The number of sulfonamides is 1. The lowest BCUT2D eigenvalue weighted by Crippen LogP contribution is -2.39. The molecule has 1 amide bonds. The molecule has 0 fully saturated rings. The van der Waals surface area contributed by atoms with Gasteiger partial charge in [0.05, 0.1) is 24.3 Å². The molecule has 1 N–H and O–H groups in total. The fourth-order valence-corrected chi connectivity index (χ4v) is 4.79. The van der Waals surface area contributed by atoms with Crippen molar-refractivity contribution in [1.82, 2.24) is 9.73 Å². The summed E-state index contributed by atoms with van der Waals surface area (Å²) in [7, 11) is -3.97. The SMILES string of the molecule is CCOc1ccccc1/C=N\NC(=O)CN(Cc1ccc(Cl)cc1)S(=O)(=O)c1ccc(Br)cc1. The maximum Gasteiger partial charge on any atom is 0.255 e. The van der Waals surface area contributed by atoms with Gasteiger partial charge in [-0.25, -0.2) is 13.8 Å². The van der Waals surface area contributed by atoms with Gasteiger partial charge in [0.1, 0.15) is 5.75 Å². The van der Waals surface area contributed by atoms with Gasteiger partial charge in [-0.2, -0.15) is 9.41 Å². The fourth-order valence-electron chi connectivity index (χ4n) is 3.02. The summed E-state index contributed by atoms with van der Waals surface area (Å²) in [6, 6.07) is 20.2. The number of carbonyl (C=O) groups is 1. The molecule has 0 heterocycles. The first-order chi connectivity index (χ1) is 16.3. The predicted molar refractivity (Wildman–Crippen MR) is 137 cm³/mol. The number of rotatable bonds is 10. The molecule has 0 aliphatic rings. The van der Waals surface area contributed by atoms with Crippen molar-refractivity contribution >= 4 is 49.7 Å². The number of ether oxygens (including phenoxy) is 1. The summed E-state index contributed by atoms with van der Waals surface area (Å²) in [5.41, 5.74) is 3.77. The van der Waals surface area contributed by atoms with Gasteiger partial charge >= 0.3 is 0 Å². The topological polar surface area (TPSA) is 88.1 Å². The zero-order valence-electron chi connectivity index (χ0n) is 18.3. The molecule has 0 saturated carbocycles. The number of halogens is 2. The van der Waals surface area contributed by atoms with Crippen LogP contribution >= 0.6 is 27.5 Å². The maximum atomic E-state index is 13.3. The first kappa shape index (κ1) is 25.9. The van der Waals surface area contributed by atoms with Crippen LogP contribution in [-0.2, 0) is 21.4 Å². The van der Waals surface area contributed by atoms with Crippen LogP contribution in [0, 0.1) is 0 Å². The second-order valence-corrected chi connectivity index (χ2v) is 10.4. The monoisotopic (exact) mass is 563 g/mol. The van der Waals surface area contributed by atoms with Crippen molar-refractivity contribution in [2.24, 2.45) is 5.10 Å². The fraction of sp³-hybridized carbons (Fsp3) is 0.167. The molecule has 3 rings (SSSR count). The number of hydrogen-bond donors (Lipinski definition) is 1. The molecule has 0 saturated heterocycles. The van der Waals surface area contributed by atoms with E-state index in [4.69, 9.17) is 16.3 Å². The molecule has 10 heteroatoms. The quantitative estimate of drug-likeness (QED) is 0.282. The Balaban J connectivity index is 1.78. The molecule has 7 nitrogen and oxygen atoms in total.